The summed E-state index contributed by atoms with van der Waals surface area (Å²) in [4.78, 5) is 13.2. The highest BCUT2D eigenvalue weighted by Crippen LogP contribution is 2.34. The number of nitrogens with two attached hydrogens (primary N) is 1. The largest absolute Gasteiger partial charge is 0.491 e. The number of hydrogen-bond donors (Lipinski definition) is 1. The molecule has 4 nitrogen and oxygen atoms in total. The highest BCUT2D eigenvalue weighted by molar-refractivity contribution is 9.10. The van der Waals surface area contributed by atoms with Crippen LogP contribution in [0.25, 0.3) is 0 Å². The van der Waals surface area contributed by atoms with Crippen LogP contribution in [0.2, 0.25) is 0 Å². The molecule has 1 amide bonds. The molecule has 0 aliphatic carbocycles. The molecule has 5 heteroatoms. The van der Waals surface area contributed by atoms with Gasteiger partial charge >= 0.3 is 0 Å². The number of benzene rings is 4. The number of fused-ring (bicyclic) bond motifs is 1. The first-order valence-corrected chi connectivity index (χ1v) is 11.9. The second kappa shape index (κ2) is 10.7. The van der Waals surface area contributed by atoms with Gasteiger partial charge in [0.05, 0.1) is 24.3 Å². The average molecular weight is 515 g/mol. The first-order chi connectivity index (χ1) is 16.5. The van der Waals surface area contributed by atoms with E-state index in [4.69, 9.17) is 10.5 Å². The van der Waals surface area contributed by atoms with E-state index in [1.807, 2.05) is 72.8 Å². The van der Waals surface area contributed by atoms with E-state index < -0.39 is 5.54 Å². The number of hydrogen-bond acceptors (Lipinski definition) is 3. The molecule has 0 unspecified atom stereocenters. The Kier molecular flexibility index (Phi) is 7.46. The van der Waals surface area contributed by atoms with Crippen LogP contribution in [0, 0.1) is 0 Å². The molecule has 2 N–H and O–H groups in total. The zero-order chi connectivity index (χ0) is 24.0. The van der Waals surface area contributed by atoms with Crippen LogP contribution in [0.1, 0.15) is 23.1 Å². The van der Waals surface area contributed by atoms with Gasteiger partial charge in [-0.3, -0.25) is 4.79 Å². The predicted octanol–water partition coefficient (Wildman–Crippen LogP) is 6.13. The van der Waals surface area contributed by atoms with Crippen molar-refractivity contribution in [3.63, 3.8) is 0 Å². The lowest BCUT2D eigenvalue weighted by atomic mass is 9.78. The molecule has 4 aromatic rings. The summed E-state index contributed by atoms with van der Waals surface area (Å²) >= 11 is 3.37. The Morgan fingerprint density at radius 2 is 1.26 bits per heavy atom. The molecular formula is C29H27BrN2O2. The number of carbonyl (C=O) groups is 1. The lowest BCUT2D eigenvalue weighted by Crippen LogP contribution is -2.39. The number of amides is 1. The van der Waals surface area contributed by atoms with Crippen molar-refractivity contribution >= 4 is 27.5 Å². The number of carbonyl (C=O) groups excluding carboxylic acids is 1. The standard InChI is InChI=1S/C19H17N.C10H10BrNO2/c20-19(16-10-4-1-5-11-16,17-12-6-2-7-13-17)18-14-8-3-9-15-18;1-12-8-6-7(11)2-3-9(8)14-5-4-10(12)13/h1-15H,20H2;2-3,6H,4-5H2,1H3. The minimum absolute atomic E-state index is 0.0850. The van der Waals surface area contributed by atoms with Crippen LogP contribution in [-0.2, 0) is 10.3 Å². The van der Waals surface area contributed by atoms with Gasteiger partial charge in [0.25, 0.3) is 0 Å². The van der Waals surface area contributed by atoms with Crippen LogP contribution in [0.5, 0.6) is 5.75 Å². The summed E-state index contributed by atoms with van der Waals surface area (Å²) in [7, 11) is 1.77. The van der Waals surface area contributed by atoms with Crippen molar-refractivity contribution < 1.29 is 9.53 Å². The summed E-state index contributed by atoms with van der Waals surface area (Å²) in [5.41, 5.74) is 10.3. The van der Waals surface area contributed by atoms with E-state index in [-0.39, 0.29) is 5.91 Å². The van der Waals surface area contributed by atoms with Crippen molar-refractivity contribution in [2.75, 3.05) is 18.6 Å². The van der Waals surface area contributed by atoms with Gasteiger partial charge in [0.15, 0.2) is 0 Å². The van der Waals surface area contributed by atoms with Crippen LogP contribution in [0.15, 0.2) is 114 Å². The van der Waals surface area contributed by atoms with Crippen LogP contribution < -0.4 is 15.4 Å². The second-order valence-corrected chi connectivity index (χ2v) is 8.99. The molecule has 1 heterocycles. The molecule has 0 aromatic heterocycles. The van der Waals surface area contributed by atoms with E-state index in [1.54, 1.807) is 11.9 Å². The van der Waals surface area contributed by atoms with Crippen LogP contribution in [0.4, 0.5) is 5.69 Å². The van der Waals surface area contributed by atoms with Crippen molar-refractivity contribution in [1.29, 1.82) is 0 Å². The summed E-state index contributed by atoms with van der Waals surface area (Å²) in [6, 6.07) is 36.4. The van der Waals surface area contributed by atoms with Crippen LogP contribution in [0.3, 0.4) is 0 Å². The van der Waals surface area contributed by atoms with E-state index in [9.17, 15) is 4.79 Å². The van der Waals surface area contributed by atoms with Gasteiger partial charge in [-0.05, 0) is 34.9 Å². The van der Waals surface area contributed by atoms with E-state index >= 15 is 0 Å². The first kappa shape index (κ1) is 23.7. The SMILES string of the molecule is CN1C(=O)CCOc2ccc(Br)cc21.NC(c1ccccc1)(c1ccccc1)c1ccccc1. The van der Waals surface area contributed by atoms with Gasteiger partial charge in [-0.15, -0.1) is 0 Å². The lowest BCUT2D eigenvalue weighted by Gasteiger charge is -2.31. The van der Waals surface area contributed by atoms with Crippen molar-refractivity contribution in [1.82, 2.24) is 0 Å². The van der Waals surface area contributed by atoms with Crippen molar-refractivity contribution in [2.24, 2.45) is 5.73 Å². The zero-order valence-electron chi connectivity index (χ0n) is 19.0. The van der Waals surface area contributed by atoms with Crippen molar-refractivity contribution in [3.05, 3.63) is 130 Å². The fourth-order valence-corrected chi connectivity index (χ4v) is 4.38. The van der Waals surface area contributed by atoms with Crippen molar-refractivity contribution in [2.45, 2.75) is 12.0 Å². The third-order valence-electron chi connectivity index (χ3n) is 5.92. The molecular weight excluding hydrogens is 488 g/mol. The van der Waals surface area contributed by atoms with Crippen LogP contribution in [-0.4, -0.2) is 19.6 Å². The molecule has 0 fully saturated rings. The second-order valence-electron chi connectivity index (χ2n) is 8.07. The zero-order valence-corrected chi connectivity index (χ0v) is 20.6. The minimum atomic E-state index is -0.621. The minimum Gasteiger partial charge on any atom is -0.491 e. The molecule has 34 heavy (non-hydrogen) atoms. The summed E-state index contributed by atoms with van der Waals surface area (Å²) in [5, 5.41) is 0. The fraction of sp³-hybridized carbons (Fsp3) is 0.138. The molecule has 1 aliphatic heterocycles. The van der Waals surface area contributed by atoms with Crippen molar-refractivity contribution in [3.8, 4) is 5.75 Å². The first-order valence-electron chi connectivity index (χ1n) is 11.1. The molecule has 0 radical (unpaired) electrons. The molecule has 4 aromatic carbocycles. The fourth-order valence-electron chi connectivity index (χ4n) is 4.03. The Balaban J connectivity index is 0.000000172. The van der Waals surface area contributed by atoms with E-state index in [0.717, 1.165) is 32.6 Å². The number of halogens is 1. The molecule has 0 atom stereocenters. The molecule has 172 valence electrons. The summed E-state index contributed by atoms with van der Waals surface area (Å²) in [5.74, 6) is 0.850. The molecule has 5 rings (SSSR count). The van der Waals surface area contributed by atoms with Gasteiger partial charge in [0, 0.05) is 11.5 Å². The van der Waals surface area contributed by atoms with E-state index in [1.165, 1.54) is 0 Å². The number of nitrogens with zero attached hydrogens (tertiary/aromatic N) is 1. The molecule has 1 aliphatic rings. The normalized spacial score (nSPS) is 13.1. The summed E-state index contributed by atoms with van der Waals surface area (Å²) in [6.45, 7) is 0.456. The van der Waals surface area contributed by atoms with Crippen LogP contribution >= 0.6 is 15.9 Å². The maximum atomic E-state index is 11.5. The topological polar surface area (TPSA) is 55.6 Å². The summed E-state index contributed by atoms with van der Waals surface area (Å²) < 4.78 is 6.41. The highest BCUT2D eigenvalue weighted by Gasteiger charge is 2.31. The maximum Gasteiger partial charge on any atom is 0.230 e. The van der Waals surface area contributed by atoms with E-state index in [0.29, 0.717) is 13.0 Å². The number of rotatable bonds is 3. The Hall–Kier alpha value is -3.41. The molecule has 0 spiro atoms. The smallest absolute Gasteiger partial charge is 0.230 e. The number of ether oxygens (including phenoxy) is 1. The summed E-state index contributed by atoms with van der Waals surface area (Å²) in [6.07, 6.45) is 0.433. The van der Waals surface area contributed by atoms with Gasteiger partial charge in [-0.2, -0.15) is 0 Å². The predicted molar refractivity (Wildman–Crippen MR) is 141 cm³/mol. The number of anilines is 1. The Morgan fingerprint density at radius 1 is 0.794 bits per heavy atom. The Morgan fingerprint density at radius 3 is 1.74 bits per heavy atom. The molecule has 0 saturated carbocycles. The van der Waals surface area contributed by atoms with Gasteiger partial charge in [0.2, 0.25) is 5.91 Å². The Labute approximate surface area is 209 Å². The highest BCUT2D eigenvalue weighted by atomic mass is 79.9. The van der Waals surface area contributed by atoms with Gasteiger partial charge in [-0.1, -0.05) is 107 Å². The monoisotopic (exact) mass is 514 g/mol. The molecule has 0 saturated heterocycles. The third-order valence-corrected chi connectivity index (χ3v) is 6.41. The van der Waals surface area contributed by atoms with Gasteiger partial charge < -0.3 is 15.4 Å². The lowest BCUT2D eigenvalue weighted by molar-refractivity contribution is -0.118. The maximum absolute atomic E-state index is 11.5. The quantitative estimate of drug-likeness (QED) is 0.334. The average Bonchev–Trinajstić information content (AvgIpc) is 3.03. The van der Waals surface area contributed by atoms with Gasteiger partial charge in [0.1, 0.15) is 5.75 Å². The molecule has 0 bridgehead atoms. The van der Waals surface area contributed by atoms with E-state index in [2.05, 4.69) is 52.3 Å². The third kappa shape index (κ3) is 5.06. The Bertz CT molecular complexity index is 1130. The van der Waals surface area contributed by atoms with Gasteiger partial charge in [-0.25, -0.2) is 0 Å².